The number of imidazole rings is 1. The van der Waals surface area contributed by atoms with Crippen molar-refractivity contribution in [3.63, 3.8) is 0 Å². The fourth-order valence-corrected chi connectivity index (χ4v) is 2.11. The zero-order chi connectivity index (χ0) is 11.0. The van der Waals surface area contributed by atoms with E-state index in [1.54, 1.807) is 13.3 Å². The van der Waals surface area contributed by atoms with Crippen molar-refractivity contribution in [2.45, 2.75) is 12.3 Å². The van der Waals surface area contributed by atoms with Crippen LogP contribution in [0.4, 0.5) is 0 Å². The summed E-state index contributed by atoms with van der Waals surface area (Å²) in [6, 6.07) is 0. The highest BCUT2D eigenvalue weighted by molar-refractivity contribution is 5.39. The van der Waals surface area contributed by atoms with Gasteiger partial charge in [-0.25, -0.2) is 9.97 Å². The molecule has 0 aliphatic carbocycles. The molecule has 1 aliphatic heterocycles. The van der Waals surface area contributed by atoms with Crippen LogP contribution in [-0.4, -0.2) is 34.6 Å². The molecule has 0 spiro atoms. The molecule has 0 amide bonds. The summed E-state index contributed by atoms with van der Waals surface area (Å²) < 4.78 is 7.06. The molecule has 1 atom stereocenters. The van der Waals surface area contributed by atoms with E-state index >= 15 is 0 Å². The number of aromatic nitrogens is 3. The van der Waals surface area contributed by atoms with Crippen LogP contribution in [0.1, 0.15) is 18.0 Å². The molecule has 2 aromatic heterocycles. The van der Waals surface area contributed by atoms with Gasteiger partial charge in [0.05, 0.1) is 25.2 Å². The Morgan fingerprint density at radius 1 is 1.50 bits per heavy atom. The van der Waals surface area contributed by atoms with Gasteiger partial charge >= 0.3 is 0 Å². The van der Waals surface area contributed by atoms with Crippen LogP contribution in [0.15, 0.2) is 18.6 Å². The molecule has 1 aliphatic rings. The first-order chi connectivity index (χ1) is 7.86. The van der Waals surface area contributed by atoms with Gasteiger partial charge in [-0.3, -0.25) is 0 Å². The molecule has 1 unspecified atom stereocenters. The maximum atomic E-state index is 5.08. The van der Waals surface area contributed by atoms with Gasteiger partial charge < -0.3 is 14.5 Å². The van der Waals surface area contributed by atoms with E-state index in [4.69, 9.17) is 4.74 Å². The smallest absolute Gasteiger partial charge is 0.230 e. The Labute approximate surface area is 93.5 Å². The van der Waals surface area contributed by atoms with Crippen molar-refractivity contribution in [3.05, 3.63) is 24.3 Å². The van der Waals surface area contributed by atoms with E-state index in [1.807, 2.05) is 10.6 Å². The van der Waals surface area contributed by atoms with Crippen molar-refractivity contribution in [1.82, 2.24) is 19.7 Å². The molecule has 1 N–H and O–H groups in total. The van der Waals surface area contributed by atoms with Crippen LogP contribution in [0.25, 0.3) is 5.65 Å². The quantitative estimate of drug-likeness (QED) is 0.810. The standard InChI is InChI=1S/C11H14N4O/c1-16-11-7-15-6-9(8-2-3-12-4-8)14-10(15)5-13-11/h5-8,12H,2-4H2,1H3. The Hall–Kier alpha value is -1.62. The summed E-state index contributed by atoms with van der Waals surface area (Å²) >= 11 is 0. The van der Waals surface area contributed by atoms with Gasteiger partial charge in [0, 0.05) is 18.7 Å². The van der Waals surface area contributed by atoms with E-state index in [-0.39, 0.29) is 0 Å². The highest BCUT2D eigenvalue weighted by atomic mass is 16.5. The highest BCUT2D eigenvalue weighted by Gasteiger charge is 2.19. The molecule has 0 radical (unpaired) electrons. The molecule has 1 fully saturated rings. The third-order valence-electron chi connectivity index (χ3n) is 3.02. The fraction of sp³-hybridized carbons (Fsp3) is 0.455. The fourth-order valence-electron chi connectivity index (χ4n) is 2.11. The third-order valence-corrected chi connectivity index (χ3v) is 3.02. The highest BCUT2D eigenvalue weighted by Crippen LogP contribution is 2.22. The Balaban J connectivity index is 2.01. The second-order valence-corrected chi connectivity index (χ2v) is 4.05. The maximum Gasteiger partial charge on any atom is 0.230 e. The first kappa shape index (κ1) is 9.59. The van der Waals surface area contributed by atoms with Gasteiger partial charge in [0.2, 0.25) is 5.88 Å². The van der Waals surface area contributed by atoms with Gasteiger partial charge in [-0.1, -0.05) is 0 Å². The summed E-state index contributed by atoms with van der Waals surface area (Å²) in [7, 11) is 1.62. The van der Waals surface area contributed by atoms with Gasteiger partial charge in [-0.05, 0) is 13.0 Å². The van der Waals surface area contributed by atoms with Crippen LogP contribution >= 0.6 is 0 Å². The van der Waals surface area contributed by atoms with Crippen molar-refractivity contribution in [3.8, 4) is 5.88 Å². The lowest BCUT2D eigenvalue weighted by atomic mass is 10.1. The number of ether oxygens (including phenoxy) is 1. The minimum Gasteiger partial charge on any atom is -0.480 e. The summed E-state index contributed by atoms with van der Waals surface area (Å²) in [6.07, 6.45) is 6.82. The molecule has 0 bridgehead atoms. The van der Waals surface area contributed by atoms with Gasteiger partial charge in [0.25, 0.3) is 0 Å². The zero-order valence-corrected chi connectivity index (χ0v) is 9.18. The lowest BCUT2D eigenvalue weighted by molar-refractivity contribution is 0.395. The van der Waals surface area contributed by atoms with Gasteiger partial charge in [-0.15, -0.1) is 0 Å². The van der Waals surface area contributed by atoms with Crippen LogP contribution in [0.3, 0.4) is 0 Å². The van der Waals surface area contributed by atoms with Crippen LogP contribution < -0.4 is 10.1 Å². The molecule has 0 saturated carbocycles. The van der Waals surface area contributed by atoms with Crippen LogP contribution in [0.2, 0.25) is 0 Å². The first-order valence-electron chi connectivity index (χ1n) is 5.46. The van der Waals surface area contributed by atoms with Gasteiger partial charge in [-0.2, -0.15) is 0 Å². The molecule has 2 aromatic rings. The average molecular weight is 218 g/mol. The monoisotopic (exact) mass is 218 g/mol. The summed E-state index contributed by atoms with van der Waals surface area (Å²) in [5, 5.41) is 3.35. The Kier molecular flexibility index (Phi) is 2.25. The minimum absolute atomic E-state index is 0.533. The molecule has 1 saturated heterocycles. The second kappa shape index (κ2) is 3.75. The van der Waals surface area contributed by atoms with Crippen molar-refractivity contribution in [2.24, 2.45) is 0 Å². The first-order valence-corrected chi connectivity index (χ1v) is 5.46. The van der Waals surface area contributed by atoms with E-state index in [1.165, 1.54) is 0 Å². The maximum absolute atomic E-state index is 5.08. The summed E-state index contributed by atoms with van der Waals surface area (Å²) in [6.45, 7) is 2.11. The molecule has 0 aromatic carbocycles. The van der Waals surface area contributed by atoms with E-state index in [2.05, 4.69) is 21.5 Å². The zero-order valence-electron chi connectivity index (χ0n) is 9.18. The summed E-state index contributed by atoms with van der Waals surface area (Å²) in [4.78, 5) is 8.72. The van der Waals surface area contributed by atoms with Crippen molar-refractivity contribution >= 4 is 5.65 Å². The lowest BCUT2D eigenvalue weighted by Crippen LogP contribution is -2.07. The molecule has 3 rings (SSSR count). The van der Waals surface area contributed by atoms with Crippen molar-refractivity contribution in [2.75, 3.05) is 20.2 Å². The minimum atomic E-state index is 0.533. The third kappa shape index (κ3) is 1.53. The number of fused-ring (bicyclic) bond motifs is 1. The van der Waals surface area contributed by atoms with E-state index in [9.17, 15) is 0 Å². The molecule has 3 heterocycles. The van der Waals surface area contributed by atoms with Crippen LogP contribution in [0.5, 0.6) is 5.88 Å². The Morgan fingerprint density at radius 2 is 2.44 bits per heavy atom. The number of nitrogens with one attached hydrogen (secondary N) is 1. The van der Waals surface area contributed by atoms with E-state index in [0.717, 1.165) is 30.9 Å². The largest absolute Gasteiger partial charge is 0.480 e. The molecule has 5 nitrogen and oxygen atoms in total. The number of hydrogen-bond donors (Lipinski definition) is 1. The topological polar surface area (TPSA) is 51.5 Å². The normalized spacial score (nSPS) is 20.4. The van der Waals surface area contributed by atoms with Crippen molar-refractivity contribution in [1.29, 1.82) is 0 Å². The predicted molar refractivity (Wildman–Crippen MR) is 59.8 cm³/mol. The number of rotatable bonds is 2. The average Bonchev–Trinajstić information content (AvgIpc) is 2.96. The van der Waals surface area contributed by atoms with Gasteiger partial charge in [0.15, 0.2) is 5.65 Å². The molecule has 16 heavy (non-hydrogen) atoms. The van der Waals surface area contributed by atoms with Crippen LogP contribution in [-0.2, 0) is 0 Å². The number of hydrogen-bond acceptors (Lipinski definition) is 4. The number of methoxy groups -OCH3 is 1. The number of nitrogens with zero attached hydrogens (tertiary/aromatic N) is 3. The van der Waals surface area contributed by atoms with Crippen LogP contribution in [0, 0.1) is 0 Å². The van der Waals surface area contributed by atoms with Crippen molar-refractivity contribution < 1.29 is 4.74 Å². The van der Waals surface area contributed by atoms with E-state index < -0.39 is 0 Å². The Morgan fingerprint density at radius 3 is 3.19 bits per heavy atom. The molecular formula is C11H14N4O. The summed E-state index contributed by atoms with van der Waals surface area (Å²) in [5.41, 5.74) is 2.02. The lowest BCUT2D eigenvalue weighted by Gasteiger charge is -2.01. The molecule has 5 heteroatoms. The molecular weight excluding hydrogens is 204 g/mol. The Bertz CT molecular complexity index is 502. The molecule has 84 valence electrons. The summed E-state index contributed by atoms with van der Waals surface area (Å²) in [5.74, 6) is 1.15. The second-order valence-electron chi connectivity index (χ2n) is 4.05. The predicted octanol–water partition coefficient (Wildman–Crippen LogP) is 0.815. The van der Waals surface area contributed by atoms with E-state index in [0.29, 0.717) is 11.8 Å². The SMILES string of the molecule is COc1cn2cc(C3CCNC3)nc2cn1. The van der Waals surface area contributed by atoms with Gasteiger partial charge in [0.1, 0.15) is 0 Å².